The number of nitrogens with zero attached hydrogens (tertiary/aromatic N) is 3. The van der Waals surface area contributed by atoms with Gasteiger partial charge in [0.15, 0.2) is 0 Å². The Labute approximate surface area is 143 Å². The van der Waals surface area contributed by atoms with Crippen LogP contribution in [0.2, 0.25) is 5.02 Å². The molecule has 1 atom stereocenters. The molecule has 1 aliphatic heterocycles. The first-order chi connectivity index (χ1) is 11.4. The molecule has 0 bridgehead atoms. The number of halogens is 1. The molecular weight excluding hydrogens is 330 g/mol. The van der Waals surface area contributed by atoms with Crippen LogP contribution in [0, 0.1) is 10.1 Å². The summed E-state index contributed by atoms with van der Waals surface area (Å²) in [6, 6.07) is 10.9. The predicted octanol–water partition coefficient (Wildman–Crippen LogP) is 3.45. The average molecular weight is 344 g/mol. The molecule has 24 heavy (non-hydrogen) atoms. The molecule has 1 aliphatic rings. The fourth-order valence-corrected chi connectivity index (χ4v) is 2.93. The number of non-ortho nitro benzene ring substituents is 1. The summed E-state index contributed by atoms with van der Waals surface area (Å²) in [4.78, 5) is 29.1. The first-order valence-corrected chi connectivity index (χ1v) is 7.67. The smallest absolute Gasteiger partial charge is 0.270 e. The lowest BCUT2D eigenvalue weighted by molar-refractivity contribution is -0.384. The van der Waals surface area contributed by atoms with Gasteiger partial charge in [-0.15, -0.1) is 0 Å². The lowest BCUT2D eigenvalue weighted by atomic mass is 9.99. The quantitative estimate of drug-likeness (QED) is 0.619. The highest BCUT2D eigenvalue weighted by atomic mass is 35.5. The number of rotatable bonds is 2. The van der Waals surface area contributed by atoms with E-state index < -0.39 is 11.0 Å². The van der Waals surface area contributed by atoms with Crippen molar-refractivity contribution < 1.29 is 9.72 Å². The monoisotopic (exact) mass is 343 g/mol. The maximum atomic E-state index is 12.4. The number of fused-ring (bicyclic) bond motifs is 1. The molecule has 0 saturated heterocycles. The number of benzene rings is 2. The van der Waals surface area contributed by atoms with Crippen molar-refractivity contribution in [3.63, 3.8) is 0 Å². The summed E-state index contributed by atoms with van der Waals surface area (Å²) in [5, 5.41) is 11.6. The molecule has 1 heterocycles. The molecule has 0 unspecified atom stereocenters. The molecule has 0 aromatic heterocycles. The number of carbonyl (C=O) groups excluding carboxylic acids is 1. The molecule has 0 spiro atoms. The van der Waals surface area contributed by atoms with Crippen molar-refractivity contribution in [3.05, 3.63) is 68.7 Å². The van der Waals surface area contributed by atoms with E-state index in [4.69, 9.17) is 11.6 Å². The van der Waals surface area contributed by atoms with Gasteiger partial charge in [0.05, 0.1) is 16.3 Å². The average Bonchev–Trinajstić information content (AvgIpc) is 2.66. The number of aliphatic imine (C=N–C) groups is 1. The number of amides is 1. The summed E-state index contributed by atoms with van der Waals surface area (Å²) in [5.74, 6) is -0.188. The van der Waals surface area contributed by atoms with Crippen molar-refractivity contribution in [1.82, 2.24) is 0 Å². The number of likely N-dealkylation sites (N-methyl/N-ethyl adjacent to an activating group) is 1. The second kappa shape index (κ2) is 6.05. The molecular formula is C17H14ClN3O3. The summed E-state index contributed by atoms with van der Waals surface area (Å²) < 4.78 is 0. The minimum atomic E-state index is -0.618. The standard InChI is InChI=1S/C17H14ClN3O3/c1-10-17(22)20(2)15-8-7-11(21(23)24)9-13(15)16(19-10)12-5-3-4-6-14(12)18/h3-10H,1-2H3/t10-/m0/s1. The Morgan fingerprint density at radius 2 is 1.92 bits per heavy atom. The van der Waals surface area contributed by atoms with Gasteiger partial charge in [0, 0.05) is 35.3 Å². The van der Waals surface area contributed by atoms with Crippen molar-refractivity contribution in [2.24, 2.45) is 4.99 Å². The van der Waals surface area contributed by atoms with Gasteiger partial charge in [0.2, 0.25) is 0 Å². The van der Waals surface area contributed by atoms with Crippen LogP contribution in [0.15, 0.2) is 47.5 Å². The number of hydrogen-bond donors (Lipinski definition) is 0. The van der Waals surface area contributed by atoms with Crippen LogP contribution in [0.5, 0.6) is 0 Å². The predicted molar refractivity (Wildman–Crippen MR) is 93.1 cm³/mol. The van der Waals surface area contributed by atoms with Gasteiger partial charge < -0.3 is 4.90 Å². The Hall–Kier alpha value is -2.73. The van der Waals surface area contributed by atoms with Gasteiger partial charge >= 0.3 is 0 Å². The second-order valence-corrected chi connectivity index (χ2v) is 5.90. The number of hydrogen-bond acceptors (Lipinski definition) is 4. The molecule has 7 heteroatoms. The van der Waals surface area contributed by atoms with Crippen LogP contribution in [-0.2, 0) is 4.79 Å². The number of nitro groups is 1. The van der Waals surface area contributed by atoms with Crippen LogP contribution in [0.3, 0.4) is 0 Å². The van der Waals surface area contributed by atoms with Gasteiger partial charge in [-0.25, -0.2) is 0 Å². The zero-order valence-electron chi connectivity index (χ0n) is 13.1. The van der Waals surface area contributed by atoms with Crippen molar-refractivity contribution >= 4 is 34.6 Å². The molecule has 1 amide bonds. The third kappa shape index (κ3) is 2.65. The molecule has 2 aromatic rings. The van der Waals surface area contributed by atoms with Gasteiger partial charge in [0.25, 0.3) is 11.6 Å². The Morgan fingerprint density at radius 1 is 1.21 bits per heavy atom. The Morgan fingerprint density at radius 3 is 2.58 bits per heavy atom. The number of carbonyl (C=O) groups is 1. The molecule has 2 aromatic carbocycles. The largest absolute Gasteiger partial charge is 0.313 e. The molecule has 0 fully saturated rings. The van der Waals surface area contributed by atoms with Crippen LogP contribution >= 0.6 is 11.6 Å². The van der Waals surface area contributed by atoms with Crippen LogP contribution < -0.4 is 4.90 Å². The van der Waals surface area contributed by atoms with E-state index in [1.807, 2.05) is 6.07 Å². The molecule has 0 saturated carbocycles. The number of anilines is 1. The topological polar surface area (TPSA) is 75.8 Å². The summed E-state index contributed by atoms with van der Waals surface area (Å²) in [5.41, 5.74) is 2.12. The highest BCUT2D eigenvalue weighted by Gasteiger charge is 2.29. The summed E-state index contributed by atoms with van der Waals surface area (Å²) in [6.45, 7) is 1.69. The van der Waals surface area contributed by atoms with Crippen LogP contribution in [0.25, 0.3) is 0 Å². The van der Waals surface area contributed by atoms with Gasteiger partial charge in [-0.1, -0.05) is 29.8 Å². The van der Waals surface area contributed by atoms with Crippen LogP contribution in [0.4, 0.5) is 11.4 Å². The van der Waals surface area contributed by atoms with E-state index in [1.54, 1.807) is 38.2 Å². The highest BCUT2D eigenvalue weighted by molar-refractivity contribution is 6.36. The fraction of sp³-hybridized carbons (Fsp3) is 0.176. The van der Waals surface area contributed by atoms with E-state index in [0.29, 0.717) is 27.5 Å². The summed E-state index contributed by atoms with van der Waals surface area (Å²) >= 11 is 6.29. The third-order valence-electron chi connectivity index (χ3n) is 3.95. The van der Waals surface area contributed by atoms with Crippen molar-refractivity contribution in [1.29, 1.82) is 0 Å². The highest BCUT2D eigenvalue weighted by Crippen LogP contribution is 2.32. The molecule has 6 nitrogen and oxygen atoms in total. The second-order valence-electron chi connectivity index (χ2n) is 5.49. The lowest BCUT2D eigenvalue weighted by Crippen LogP contribution is -2.32. The van der Waals surface area contributed by atoms with E-state index in [9.17, 15) is 14.9 Å². The van der Waals surface area contributed by atoms with Crippen LogP contribution in [0.1, 0.15) is 18.1 Å². The van der Waals surface area contributed by atoms with E-state index in [-0.39, 0.29) is 11.6 Å². The van der Waals surface area contributed by atoms with Crippen molar-refractivity contribution in [2.75, 3.05) is 11.9 Å². The lowest BCUT2D eigenvalue weighted by Gasteiger charge is -2.19. The van der Waals surface area contributed by atoms with Gasteiger partial charge in [-0.3, -0.25) is 19.9 Å². The molecule has 0 N–H and O–H groups in total. The van der Waals surface area contributed by atoms with Gasteiger partial charge in [-0.05, 0) is 19.1 Å². The van der Waals surface area contributed by atoms with Crippen molar-refractivity contribution in [2.45, 2.75) is 13.0 Å². The minimum absolute atomic E-state index is 0.0658. The van der Waals surface area contributed by atoms with E-state index in [0.717, 1.165) is 0 Å². The van der Waals surface area contributed by atoms with E-state index in [2.05, 4.69) is 4.99 Å². The first-order valence-electron chi connectivity index (χ1n) is 7.29. The molecule has 0 aliphatic carbocycles. The SMILES string of the molecule is C[C@@H]1N=C(c2ccccc2Cl)c2cc([N+](=O)[O-])ccc2N(C)C1=O. The van der Waals surface area contributed by atoms with Gasteiger partial charge in [-0.2, -0.15) is 0 Å². The first kappa shape index (κ1) is 16.1. The molecule has 122 valence electrons. The molecule has 0 radical (unpaired) electrons. The van der Waals surface area contributed by atoms with E-state index >= 15 is 0 Å². The Balaban J connectivity index is 2.32. The minimum Gasteiger partial charge on any atom is -0.313 e. The fourth-order valence-electron chi connectivity index (χ4n) is 2.71. The zero-order valence-corrected chi connectivity index (χ0v) is 13.8. The normalized spacial score (nSPS) is 17.1. The van der Waals surface area contributed by atoms with Crippen LogP contribution in [-0.4, -0.2) is 29.6 Å². The molecule has 3 rings (SSSR count). The zero-order chi connectivity index (χ0) is 17.4. The summed E-state index contributed by atoms with van der Waals surface area (Å²) in [7, 11) is 1.63. The maximum absolute atomic E-state index is 12.4. The maximum Gasteiger partial charge on any atom is 0.270 e. The third-order valence-corrected chi connectivity index (χ3v) is 4.28. The number of nitro benzene ring substituents is 1. The van der Waals surface area contributed by atoms with Gasteiger partial charge in [0.1, 0.15) is 6.04 Å². The van der Waals surface area contributed by atoms with E-state index in [1.165, 1.54) is 17.0 Å². The summed E-state index contributed by atoms with van der Waals surface area (Å²) in [6.07, 6.45) is 0. The Bertz CT molecular complexity index is 879. The Kier molecular flexibility index (Phi) is 4.07. The number of benzodiazepines with no additional fused rings is 1. The van der Waals surface area contributed by atoms with Crippen molar-refractivity contribution in [3.8, 4) is 0 Å².